The number of aryl methyl sites for hydroxylation is 2. The molecule has 0 unspecified atom stereocenters. The summed E-state index contributed by atoms with van der Waals surface area (Å²) in [5, 5.41) is 3.80. The average molecular weight is 423 g/mol. The third kappa shape index (κ3) is 4.54. The lowest BCUT2D eigenvalue weighted by Crippen LogP contribution is -2.30. The van der Waals surface area contributed by atoms with Gasteiger partial charge in [-0.25, -0.2) is 4.98 Å². The Morgan fingerprint density at radius 2 is 1.90 bits per heavy atom. The lowest BCUT2D eigenvalue weighted by Gasteiger charge is -2.28. The minimum atomic E-state index is -0.320. The summed E-state index contributed by atoms with van der Waals surface area (Å²) in [6, 6.07) is 13.8. The van der Waals surface area contributed by atoms with Crippen LogP contribution < -0.4 is 5.32 Å². The lowest BCUT2D eigenvalue weighted by atomic mass is 9.79. The molecule has 5 nitrogen and oxygen atoms in total. The van der Waals surface area contributed by atoms with E-state index in [-0.39, 0.29) is 30.3 Å². The molecule has 156 valence electrons. The van der Waals surface area contributed by atoms with Crippen molar-refractivity contribution in [3.8, 4) is 0 Å². The zero-order valence-corrected chi connectivity index (χ0v) is 18.1. The molecule has 0 spiro atoms. The number of hydrogen-bond acceptors (Lipinski definition) is 5. The van der Waals surface area contributed by atoms with Crippen molar-refractivity contribution in [3.63, 3.8) is 0 Å². The number of fused-ring (bicyclic) bond motifs is 1. The van der Waals surface area contributed by atoms with Gasteiger partial charge in [-0.1, -0.05) is 31.0 Å². The van der Waals surface area contributed by atoms with Crippen molar-refractivity contribution >= 4 is 39.1 Å². The number of para-hydroxylation sites is 1. The molecule has 3 aromatic rings. The summed E-state index contributed by atoms with van der Waals surface area (Å²) in [7, 11) is 0. The van der Waals surface area contributed by atoms with Crippen LogP contribution in [0.25, 0.3) is 10.2 Å². The standard InChI is InChI=1S/C24H26N2O3S/c1-15-11-12-17(13-16(15)2)25-22(27)14-29-24(28)19-8-4-3-7-18(19)23-26-20-9-5-6-10-21(20)30-23/h5-6,9-13,18-19H,3-4,7-8,14H2,1-2H3,(H,25,27)/t18-,19-/m0/s1. The highest BCUT2D eigenvalue weighted by Gasteiger charge is 2.35. The first-order valence-corrected chi connectivity index (χ1v) is 11.2. The molecule has 1 fully saturated rings. The zero-order chi connectivity index (χ0) is 21.1. The smallest absolute Gasteiger partial charge is 0.310 e. The molecule has 1 aromatic heterocycles. The van der Waals surface area contributed by atoms with E-state index in [1.54, 1.807) is 11.3 Å². The van der Waals surface area contributed by atoms with E-state index in [1.807, 2.05) is 50.2 Å². The van der Waals surface area contributed by atoms with Crippen LogP contribution in [-0.2, 0) is 14.3 Å². The highest BCUT2D eigenvalue weighted by Crippen LogP contribution is 2.41. The van der Waals surface area contributed by atoms with Crippen LogP contribution in [-0.4, -0.2) is 23.5 Å². The zero-order valence-electron chi connectivity index (χ0n) is 17.3. The number of esters is 1. The fraction of sp³-hybridized carbons (Fsp3) is 0.375. The highest BCUT2D eigenvalue weighted by atomic mass is 32.1. The second-order valence-corrected chi connectivity index (χ2v) is 9.03. The summed E-state index contributed by atoms with van der Waals surface area (Å²) in [6.07, 6.45) is 3.78. The van der Waals surface area contributed by atoms with Crippen LogP contribution >= 0.6 is 11.3 Å². The average Bonchev–Trinajstić information content (AvgIpc) is 3.19. The predicted molar refractivity (Wildman–Crippen MR) is 120 cm³/mol. The van der Waals surface area contributed by atoms with Crippen molar-refractivity contribution in [2.24, 2.45) is 5.92 Å². The van der Waals surface area contributed by atoms with E-state index in [0.717, 1.165) is 52.0 Å². The van der Waals surface area contributed by atoms with Crippen LogP contribution in [0.15, 0.2) is 42.5 Å². The van der Waals surface area contributed by atoms with E-state index in [9.17, 15) is 9.59 Å². The molecule has 0 aliphatic heterocycles. The van der Waals surface area contributed by atoms with E-state index in [0.29, 0.717) is 5.69 Å². The summed E-state index contributed by atoms with van der Waals surface area (Å²) in [5.41, 5.74) is 3.95. The number of aromatic nitrogens is 1. The summed E-state index contributed by atoms with van der Waals surface area (Å²) in [6.45, 7) is 3.75. The summed E-state index contributed by atoms with van der Waals surface area (Å²) in [5.74, 6) is -0.798. The largest absolute Gasteiger partial charge is 0.455 e. The molecule has 2 aromatic carbocycles. The van der Waals surface area contributed by atoms with E-state index in [4.69, 9.17) is 9.72 Å². The third-order valence-corrected chi connectivity index (χ3v) is 7.00. The topological polar surface area (TPSA) is 68.3 Å². The van der Waals surface area contributed by atoms with Crippen LogP contribution in [0.4, 0.5) is 5.69 Å². The minimum absolute atomic E-state index is 0.0615. The predicted octanol–water partition coefficient (Wildman–Crippen LogP) is 5.37. The Morgan fingerprint density at radius 3 is 2.70 bits per heavy atom. The van der Waals surface area contributed by atoms with Gasteiger partial charge in [-0.05, 0) is 62.1 Å². The van der Waals surface area contributed by atoms with E-state index in [1.165, 1.54) is 0 Å². The number of ether oxygens (including phenoxy) is 1. The number of carbonyl (C=O) groups is 2. The molecule has 1 saturated carbocycles. The lowest BCUT2D eigenvalue weighted by molar-refractivity contribution is -0.153. The number of rotatable bonds is 5. The van der Waals surface area contributed by atoms with Crippen molar-refractivity contribution in [1.29, 1.82) is 0 Å². The SMILES string of the molecule is Cc1ccc(NC(=O)COC(=O)[C@H]2CCCC[C@@H]2c2nc3ccccc3s2)cc1C. The Balaban J connectivity index is 1.39. The van der Waals surface area contributed by atoms with Gasteiger partial charge in [0.2, 0.25) is 0 Å². The fourth-order valence-corrected chi connectivity index (χ4v) is 5.18. The van der Waals surface area contributed by atoms with Crippen molar-refractivity contribution < 1.29 is 14.3 Å². The summed E-state index contributed by atoms with van der Waals surface area (Å²) < 4.78 is 6.56. The number of nitrogens with zero attached hydrogens (tertiary/aromatic N) is 1. The number of benzene rings is 2. The number of thiazole rings is 1. The number of anilines is 1. The Morgan fingerprint density at radius 1 is 1.10 bits per heavy atom. The van der Waals surface area contributed by atoms with E-state index < -0.39 is 0 Å². The van der Waals surface area contributed by atoms with Crippen molar-refractivity contribution in [1.82, 2.24) is 4.98 Å². The Labute approximate surface area is 180 Å². The molecule has 0 bridgehead atoms. The van der Waals surface area contributed by atoms with E-state index >= 15 is 0 Å². The molecule has 1 heterocycles. The molecule has 0 saturated heterocycles. The quantitative estimate of drug-likeness (QED) is 0.561. The molecule has 1 amide bonds. The van der Waals surface area contributed by atoms with Gasteiger partial charge in [0.1, 0.15) is 0 Å². The molecule has 1 N–H and O–H groups in total. The van der Waals surface area contributed by atoms with Gasteiger partial charge < -0.3 is 10.1 Å². The number of carbonyl (C=O) groups excluding carboxylic acids is 2. The number of hydrogen-bond donors (Lipinski definition) is 1. The number of nitrogens with one attached hydrogen (secondary N) is 1. The molecule has 6 heteroatoms. The highest BCUT2D eigenvalue weighted by molar-refractivity contribution is 7.18. The van der Waals surface area contributed by atoms with E-state index in [2.05, 4.69) is 11.4 Å². The molecule has 4 rings (SSSR count). The van der Waals surface area contributed by atoms with Crippen LogP contribution in [0, 0.1) is 19.8 Å². The first kappa shape index (κ1) is 20.5. The first-order valence-electron chi connectivity index (χ1n) is 10.4. The van der Waals surface area contributed by atoms with Crippen LogP contribution in [0.1, 0.15) is 47.7 Å². The molecule has 2 atom stereocenters. The van der Waals surface area contributed by atoms with Gasteiger partial charge in [0.25, 0.3) is 5.91 Å². The van der Waals surface area contributed by atoms with Gasteiger partial charge in [0, 0.05) is 11.6 Å². The minimum Gasteiger partial charge on any atom is -0.455 e. The molecular formula is C24H26N2O3S. The third-order valence-electron chi connectivity index (χ3n) is 5.83. The maximum Gasteiger partial charge on any atom is 0.310 e. The second-order valence-electron chi connectivity index (χ2n) is 7.97. The first-order chi connectivity index (χ1) is 14.5. The van der Waals surface area contributed by atoms with Gasteiger partial charge in [0.15, 0.2) is 6.61 Å². The Bertz CT molecular complexity index is 1040. The Hall–Kier alpha value is -2.73. The van der Waals surface area contributed by atoms with Crippen molar-refractivity contribution in [2.45, 2.75) is 45.4 Å². The van der Waals surface area contributed by atoms with Crippen LogP contribution in [0.5, 0.6) is 0 Å². The maximum atomic E-state index is 12.8. The van der Waals surface area contributed by atoms with Gasteiger partial charge in [0.05, 0.1) is 21.1 Å². The van der Waals surface area contributed by atoms with Gasteiger partial charge in [-0.3, -0.25) is 9.59 Å². The molecule has 30 heavy (non-hydrogen) atoms. The van der Waals surface area contributed by atoms with Crippen LogP contribution in [0.2, 0.25) is 0 Å². The molecule has 1 aliphatic rings. The summed E-state index contributed by atoms with van der Waals surface area (Å²) >= 11 is 1.66. The second kappa shape index (κ2) is 8.96. The van der Waals surface area contributed by atoms with Crippen molar-refractivity contribution in [3.05, 3.63) is 58.6 Å². The van der Waals surface area contributed by atoms with Gasteiger partial charge in [-0.15, -0.1) is 11.3 Å². The van der Waals surface area contributed by atoms with Gasteiger partial charge in [-0.2, -0.15) is 0 Å². The Kier molecular flexibility index (Phi) is 6.13. The maximum absolute atomic E-state index is 12.8. The van der Waals surface area contributed by atoms with Crippen molar-refractivity contribution in [2.75, 3.05) is 11.9 Å². The van der Waals surface area contributed by atoms with Gasteiger partial charge >= 0.3 is 5.97 Å². The normalized spacial score (nSPS) is 18.9. The molecule has 0 radical (unpaired) electrons. The number of amides is 1. The van der Waals surface area contributed by atoms with Crippen LogP contribution in [0.3, 0.4) is 0 Å². The molecular weight excluding hydrogens is 396 g/mol. The monoisotopic (exact) mass is 422 g/mol. The molecule has 1 aliphatic carbocycles. The fourth-order valence-electron chi connectivity index (χ4n) is 4.02. The summed E-state index contributed by atoms with van der Waals surface area (Å²) in [4.78, 5) is 29.9.